The number of rotatable bonds is 10. The van der Waals surface area contributed by atoms with Gasteiger partial charge in [0, 0.05) is 19.7 Å². The zero-order valence-corrected chi connectivity index (χ0v) is 17.9. The average Bonchev–Trinajstić information content (AvgIpc) is 3.35. The molecule has 0 aliphatic carbocycles. The third-order valence-corrected chi connectivity index (χ3v) is 5.02. The van der Waals surface area contributed by atoms with Gasteiger partial charge in [-0.3, -0.25) is 9.59 Å². The van der Waals surface area contributed by atoms with Crippen LogP contribution in [0.25, 0.3) is 6.08 Å². The SMILES string of the molecule is N#CC(=Cc1ccc(OCC(=O)NCC2CCCO2)cc1)C(=O)NCCc1ccccc1. The van der Waals surface area contributed by atoms with Crippen LogP contribution in [-0.2, 0) is 20.7 Å². The maximum atomic E-state index is 12.3. The largest absolute Gasteiger partial charge is 0.484 e. The van der Waals surface area contributed by atoms with Gasteiger partial charge in [0.25, 0.3) is 11.8 Å². The Balaban J connectivity index is 1.44. The zero-order chi connectivity index (χ0) is 22.6. The van der Waals surface area contributed by atoms with E-state index >= 15 is 0 Å². The molecule has 166 valence electrons. The number of ether oxygens (including phenoxy) is 2. The van der Waals surface area contributed by atoms with E-state index in [-0.39, 0.29) is 24.2 Å². The number of carbonyl (C=O) groups excluding carboxylic acids is 2. The smallest absolute Gasteiger partial charge is 0.261 e. The summed E-state index contributed by atoms with van der Waals surface area (Å²) in [6.45, 7) is 1.61. The number of hydrogen-bond donors (Lipinski definition) is 2. The second kappa shape index (κ2) is 12.3. The highest BCUT2D eigenvalue weighted by Crippen LogP contribution is 2.15. The number of amides is 2. The first-order chi connectivity index (χ1) is 15.6. The number of carbonyl (C=O) groups is 2. The number of nitriles is 1. The number of benzene rings is 2. The molecule has 1 heterocycles. The van der Waals surface area contributed by atoms with Gasteiger partial charge >= 0.3 is 0 Å². The van der Waals surface area contributed by atoms with Crippen LogP contribution in [0.4, 0.5) is 0 Å². The minimum atomic E-state index is -0.410. The Bertz CT molecular complexity index is 959. The van der Waals surface area contributed by atoms with Gasteiger partial charge in [-0.05, 0) is 48.6 Å². The van der Waals surface area contributed by atoms with Crippen LogP contribution >= 0.6 is 0 Å². The quantitative estimate of drug-likeness (QED) is 0.443. The third-order valence-electron chi connectivity index (χ3n) is 5.02. The van der Waals surface area contributed by atoms with E-state index in [4.69, 9.17) is 9.47 Å². The van der Waals surface area contributed by atoms with Crippen LogP contribution < -0.4 is 15.4 Å². The standard InChI is InChI=1S/C25H27N3O4/c26-16-21(25(30)27-13-12-19-5-2-1-3-6-19)15-20-8-10-22(11-9-20)32-18-24(29)28-17-23-7-4-14-31-23/h1-3,5-6,8-11,15,23H,4,7,12-14,17-18H2,(H,27,30)(H,28,29). The molecule has 1 fully saturated rings. The Hall–Kier alpha value is -3.63. The molecule has 7 heteroatoms. The van der Waals surface area contributed by atoms with E-state index in [0.717, 1.165) is 25.0 Å². The Morgan fingerprint density at radius 1 is 1.12 bits per heavy atom. The molecule has 2 N–H and O–H groups in total. The first-order valence-electron chi connectivity index (χ1n) is 10.7. The second-order valence-corrected chi connectivity index (χ2v) is 7.46. The van der Waals surface area contributed by atoms with Crippen molar-refractivity contribution >= 4 is 17.9 Å². The molecule has 0 saturated carbocycles. The van der Waals surface area contributed by atoms with Crippen molar-refractivity contribution in [3.8, 4) is 11.8 Å². The lowest BCUT2D eigenvalue weighted by Crippen LogP contribution is -2.35. The topological polar surface area (TPSA) is 100 Å². The Morgan fingerprint density at radius 3 is 2.59 bits per heavy atom. The Kier molecular flexibility index (Phi) is 8.84. The molecule has 0 spiro atoms. The lowest BCUT2D eigenvalue weighted by Gasteiger charge is -2.11. The highest BCUT2D eigenvalue weighted by molar-refractivity contribution is 6.01. The third kappa shape index (κ3) is 7.56. The summed E-state index contributed by atoms with van der Waals surface area (Å²) in [5.74, 6) is -0.0877. The fourth-order valence-electron chi connectivity index (χ4n) is 3.27. The van der Waals surface area contributed by atoms with Gasteiger partial charge < -0.3 is 20.1 Å². The molecular formula is C25H27N3O4. The van der Waals surface area contributed by atoms with Gasteiger partial charge in [0.05, 0.1) is 6.10 Å². The van der Waals surface area contributed by atoms with Crippen LogP contribution in [0.5, 0.6) is 5.75 Å². The molecule has 32 heavy (non-hydrogen) atoms. The van der Waals surface area contributed by atoms with Crippen molar-refractivity contribution in [2.45, 2.75) is 25.4 Å². The maximum absolute atomic E-state index is 12.3. The fraction of sp³-hybridized carbons (Fsp3) is 0.320. The molecule has 2 amide bonds. The van der Waals surface area contributed by atoms with Crippen molar-refractivity contribution in [3.05, 3.63) is 71.3 Å². The van der Waals surface area contributed by atoms with Crippen LogP contribution in [-0.4, -0.2) is 44.2 Å². The van der Waals surface area contributed by atoms with Crippen LogP contribution in [0.15, 0.2) is 60.2 Å². The number of hydrogen-bond acceptors (Lipinski definition) is 5. The summed E-state index contributed by atoms with van der Waals surface area (Å²) >= 11 is 0. The van der Waals surface area contributed by atoms with E-state index in [9.17, 15) is 14.9 Å². The molecule has 1 aliphatic heterocycles. The van der Waals surface area contributed by atoms with Crippen LogP contribution in [0.2, 0.25) is 0 Å². The predicted octanol–water partition coefficient (Wildman–Crippen LogP) is 2.63. The summed E-state index contributed by atoms with van der Waals surface area (Å²) in [6.07, 6.45) is 4.30. The molecule has 2 aromatic carbocycles. The van der Waals surface area contributed by atoms with Gasteiger partial charge in [0.1, 0.15) is 17.4 Å². The van der Waals surface area contributed by atoms with Crippen molar-refractivity contribution in [1.29, 1.82) is 5.26 Å². The molecule has 7 nitrogen and oxygen atoms in total. The molecule has 0 radical (unpaired) electrons. The number of nitrogens with zero attached hydrogens (tertiary/aromatic N) is 1. The maximum Gasteiger partial charge on any atom is 0.261 e. The lowest BCUT2D eigenvalue weighted by molar-refractivity contribution is -0.123. The van der Waals surface area contributed by atoms with Crippen LogP contribution in [0, 0.1) is 11.3 Å². The van der Waals surface area contributed by atoms with Crippen molar-refractivity contribution in [1.82, 2.24) is 10.6 Å². The molecule has 1 saturated heterocycles. The summed E-state index contributed by atoms with van der Waals surface area (Å²) in [5.41, 5.74) is 1.83. The van der Waals surface area contributed by atoms with Gasteiger partial charge in [-0.25, -0.2) is 0 Å². The summed E-state index contributed by atoms with van der Waals surface area (Å²) in [4.78, 5) is 24.2. The fourth-order valence-corrected chi connectivity index (χ4v) is 3.27. The average molecular weight is 434 g/mol. The normalized spacial score (nSPS) is 15.6. The van der Waals surface area contributed by atoms with E-state index in [1.807, 2.05) is 36.4 Å². The first-order valence-corrected chi connectivity index (χ1v) is 10.7. The molecular weight excluding hydrogens is 406 g/mol. The monoisotopic (exact) mass is 433 g/mol. The highest BCUT2D eigenvalue weighted by atomic mass is 16.5. The summed E-state index contributed by atoms with van der Waals surface area (Å²) in [6, 6.07) is 18.6. The van der Waals surface area contributed by atoms with Gasteiger partial charge in [-0.15, -0.1) is 0 Å². The van der Waals surface area contributed by atoms with Crippen LogP contribution in [0.1, 0.15) is 24.0 Å². The minimum absolute atomic E-state index is 0.0280. The van der Waals surface area contributed by atoms with E-state index in [1.54, 1.807) is 24.3 Å². The molecule has 1 unspecified atom stereocenters. The molecule has 1 atom stereocenters. The van der Waals surface area contributed by atoms with E-state index in [1.165, 1.54) is 6.08 Å². The number of nitrogens with one attached hydrogen (secondary N) is 2. The first kappa shape index (κ1) is 23.0. The molecule has 0 aromatic heterocycles. The van der Waals surface area contributed by atoms with Crippen LogP contribution in [0.3, 0.4) is 0 Å². The summed E-state index contributed by atoms with van der Waals surface area (Å²) in [5, 5.41) is 14.9. The van der Waals surface area contributed by atoms with E-state index < -0.39 is 5.91 Å². The predicted molar refractivity (Wildman–Crippen MR) is 121 cm³/mol. The highest BCUT2D eigenvalue weighted by Gasteiger charge is 2.16. The summed E-state index contributed by atoms with van der Waals surface area (Å²) < 4.78 is 11.0. The second-order valence-electron chi connectivity index (χ2n) is 7.46. The molecule has 0 bridgehead atoms. The Morgan fingerprint density at radius 2 is 1.91 bits per heavy atom. The van der Waals surface area contributed by atoms with Crippen molar-refractivity contribution < 1.29 is 19.1 Å². The van der Waals surface area contributed by atoms with Crippen molar-refractivity contribution in [3.63, 3.8) is 0 Å². The summed E-state index contributed by atoms with van der Waals surface area (Å²) in [7, 11) is 0. The van der Waals surface area contributed by atoms with Gasteiger partial charge in [0.2, 0.25) is 0 Å². The zero-order valence-electron chi connectivity index (χ0n) is 17.9. The van der Waals surface area contributed by atoms with E-state index in [2.05, 4.69) is 10.6 Å². The van der Waals surface area contributed by atoms with Gasteiger partial charge in [-0.1, -0.05) is 42.5 Å². The minimum Gasteiger partial charge on any atom is -0.484 e. The van der Waals surface area contributed by atoms with Gasteiger partial charge in [-0.2, -0.15) is 5.26 Å². The molecule has 3 rings (SSSR count). The lowest BCUT2D eigenvalue weighted by atomic mass is 10.1. The Labute approximate surface area is 188 Å². The van der Waals surface area contributed by atoms with E-state index in [0.29, 0.717) is 30.8 Å². The van der Waals surface area contributed by atoms with Crippen molar-refractivity contribution in [2.75, 3.05) is 26.3 Å². The molecule has 1 aliphatic rings. The van der Waals surface area contributed by atoms with Crippen molar-refractivity contribution in [2.24, 2.45) is 0 Å². The molecule has 2 aromatic rings. The van der Waals surface area contributed by atoms with Gasteiger partial charge in [0.15, 0.2) is 6.61 Å².